The van der Waals surface area contributed by atoms with Crippen LogP contribution < -0.4 is 21.7 Å². The molecule has 1 aliphatic rings. The van der Waals surface area contributed by atoms with Gasteiger partial charge in [-0.1, -0.05) is 27.7 Å². The Morgan fingerprint density at radius 1 is 0.973 bits per heavy atom. The molecule has 0 radical (unpaired) electrons. The predicted octanol–water partition coefficient (Wildman–Crippen LogP) is -1.14. The van der Waals surface area contributed by atoms with Crippen molar-refractivity contribution in [3.8, 4) is 0 Å². The van der Waals surface area contributed by atoms with Crippen molar-refractivity contribution in [3.63, 3.8) is 0 Å². The largest absolute Gasteiger partial charge is 0.352 e. The second-order valence-electron chi connectivity index (χ2n) is 9.24. The molecule has 0 aromatic heterocycles. The van der Waals surface area contributed by atoms with E-state index in [0.29, 0.717) is 11.3 Å². The van der Waals surface area contributed by atoms with Crippen LogP contribution in [0.4, 0.5) is 4.79 Å². The summed E-state index contributed by atoms with van der Waals surface area (Å²) in [7, 11) is -4.97. The number of hydrogen-bond acceptors (Lipinski definition) is 8. The van der Waals surface area contributed by atoms with Crippen molar-refractivity contribution in [2.75, 3.05) is 13.1 Å². The number of carbonyl (C=O) groups excluding carboxylic acids is 6. The molecule has 0 fully saturated rings. The number of hydrogen-bond donors (Lipinski definition) is 5. The number of carbonyl (C=O) groups is 6. The molecule has 0 saturated carbocycles. The van der Waals surface area contributed by atoms with Crippen LogP contribution in [0.3, 0.4) is 0 Å². The van der Waals surface area contributed by atoms with E-state index in [9.17, 15) is 41.7 Å². The third-order valence-corrected chi connectivity index (χ3v) is 6.78. The highest BCUT2D eigenvalue weighted by Gasteiger charge is 2.37. The zero-order valence-electron chi connectivity index (χ0n) is 21.2. The molecular weight excluding hydrogens is 510 g/mol. The number of rotatable bonds is 15. The Kier molecular flexibility index (Phi) is 11.9. The lowest BCUT2D eigenvalue weighted by Crippen LogP contribution is -2.56. The van der Waals surface area contributed by atoms with Gasteiger partial charge in [0.1, 0.15) is 6.04 Å². The van der Waals surface area contributed by atoms with Crippen LogP contribution in [0, 0.1) is 11.8 Å². The number of Topliss-reactive ketones (excluding diaryl/α,β-unsaturated/α-hetero) is 1. The molecule has 6 amide bonds. The first-order valence-corrected chi connectivity index (χ1v) is 13.2. The van der Waals surface area contributed by atoms with Gasteiger partial charge in [-0.25, -0.2) is 4.79 Å². The van der Waals surface area contributed by atoms with E-state index in [-0.39, 0.29) is 18.7 Å². The summed E-state index contributed by atoms with van der Waals surface area (Å²) in [5.74, 6) is -4.62. The van der Waals surface area contributed by atoms with Gasteiger partial charge in [-0.05, 0) is 25.2 Å². The number of imide groups is 1. The molecule has 1 aliphatic heterocycles. The van der Waals surface area contributed by atoms with Gasteiger partial charge in [0.25, 0.3) is 21.9 Å². The monoisotopic (exact) mass is 545 g/mol. The molecule has 14 nitrogen and oxygen atoms in total. The molecule has 0 spiro atoms. The van der Waals surface area contributed by atoms with Gasteiger partial charge in [-0.2, -0.15) is 8.42 Å². The molecule has 0 aromatic rings. The molecule has 15 heteroatoms. The average Bonchev–Trinajstić information content (AvgIpc) is 3.09. The third-order valence-electron chi connectivity index (χ3n) is 5.61. The zero-order chi connectivity index (χ0) is 28.5. The highest BCUT2D eigenvalue weighted by molar-refractivity contribution is 7.87. The predicted molar refractivity (Wildman–Crippen MR) is 131 cm³/mol. The molecule has 0 bridgehead atoms. The van der Waals surface area contributed by atoms with Crippen molar-refractivity contribution in [1.29, 1.82) is 0 Å². The summed E-state index contributed by atoms with van der Waals surface area (Å²) >= 11 is 0. The number of urea groups is 1. The van der Waals surface area contributed by atoms with Crippen LogP contribution in [-0.2, 0) is 34.1 Å². The molecule has 0 aromatic carbocycles. The topological polar surface area (TPSA) is 222 Å². The second kappa shape index (κ2) is 13.8. The van der Waals surface area contributed by atoms with Gasteiger partial charge in [0, 0.05) is 31.2 Å². The molecule has 3 atom stereocenters. The van der Waals surface area contributed by atoms with E-state index in [1.165, 1.54) is 0 Å². The Hall–Kier alpha value is -3.33. The van der Waals surface area contributed by atoms with Gasteiger partial charge in [-0.15, -0.1) is 0 Å². The van der Waals surface area contributed by atoms with E-state index >= 15 is 0 Å². The average molecular weight is 546 g/mol. The fraction of sp³-hybridized carbons (Fsp3) is 0.636. The number of ketones is 1. The Bertz CT molecular complexity index is 1020. The van der Waals surface area contributed by atoms with Crippen LogP contribution in [-0.4, -0.2) is 83.7 Å². The highest BCUT2D eigenvalue weighted by atomic mass is 32.2. The van der Waals surface area contributed by atoms with E-state index in [1.54, 1.807) is 27.7 Å². The van der Waals surface area contributed by atoms with Gasteiger partial charge >= 0.3 is 6.03 Å². The fourth-order valence-corrected chi connectivity index (χ4v) is 4.30. The first-order valence-electron chi connectivity index (χ1n) is 11.7. The van der Waals surface area contributed by atoms with Gasteiger partial charge in [0.2, 0.25) is 11.8 Å². The minimum Gasteiger partial charge on any atom is -0.352 e. The Balaban J connectivity index is 2.97. The normalized spacial score (nSPS) is 16.0. The van der Waals surface area contributed by atoms with Gasteiger partial charge in [0.05, 0.1) is 6.04 Å². The molecule has 37 heavy (non-hydrogen) atoms. The maximum atomic E-state index is 13.0. The quantitative estimate of drug-likeness (QED) is 0.0951. The van der Waals surface area contributed by atoms with Crippen molar-refractivity contribution in [1.82, 2.24) is 20.9 Å². The molecule has 6 N–H and O–H groups in total. The second-order valence-corrected chi connectivity index (χ2v) is 10.8. The van der Waals surface area contributed by atoms with Crippen LogP contribution >= 0.6 is 0 Å². The maximum absolute atomic E-state index is 13.0. The summed E-state index contributed by atoms with van der Waals surface area (Å²) in [5, 5.41) is 5.19. The number of primary amides is 1. The molecule has 1 rings (SSSR count). The number of nitrogens with one attached hydrogen (secondary N) is 3. The third kappa shape index (κ3) is 9.92. The van der Waals surface area contributed by atoms with Crippen molar-refractivity contribution in [3.05, 3.63) is 12.2 Å². The molecule has 1 heterocycles. The van der Waals surface area contributed by atoms with Crippen LogP contribution in [0.1, 0.15) is 47.0 Å². The number of amides is 6. The van der Waals surface area contributed by atoms with Crippen LogP contribution in [0.2, 0.25) is 0 Å². The molecule has 1 unspecified atom stereocenters. The molecule has 208 valence electrons. The Labute approximate surface area is 215 Å². The molecular formula is C22H35N5O9S. The van der Waals surface area contributed by atoms with E-state index in [1.807, 2.05) is 0 Å². The van der Waals surface area contributed by atoms with Crippen molar-refractivity contribution in [2.24, 2.45) is 17.6 Å². The smallest absolute Gasteiger partial charge is 0.312 e. The summed E-state index contributed by atoms with van der Waals surface area (Å²) in [6.45, 7) is 6.17. The minimum atomic E-state index is -4.97. The summed E-state index contributed by atoms with van der Waals surface area (Å²) < 4.78 is 33.4. The van der Waals surface area contributed by atoms with Crippen LogP contribution in [0.15, 0.2) is 12.2 Å². The van der Waals surface area contributed by atoms with Crippen molar-refractivity contribution >= 4 is 45.6 Å². The summed E-state index contributed by atoms with van der Waals surface area (Å²) in [6, 6.07) is -2.96. The van der Waals surface area contributed by atoms with E-state index < -0.39 is 81.9 Å². The highest BCUT2D eigenvalue weighted by Crippen LogP contribution is 2.13. The summed E-state index contributed by atoms with van der Waals surface area (Å²) in [5.41, 5.74) is 5.02. The fourth-order valence-electron chi connectivity index (χ4n) is 3.56. The first kappa shape index (κ1) is 31.7. The van der Waals surface area contributed by atoms with Crippen LogP contribution in [0.5, 0.6) is 0 Å². The van der Waals surface area contributed by atoms with Gasteiger partial charge < -0.3 is 21.7 Å². The lowest BCUT2D eigenvalue weighted by molar-refractivity contribution is -0.137. The lowest BCUT2D eigenvalue weighted by Gasteiger charge is -2.27. The van der Waals surface area contributed by atoms with Gasteiger partial charge in [0.15, 0.2) is 11.0 Å². The van der Waals surface area contributed by atoms with Gasteiger partial charge in [-0.3, -0.25) is 33.4 Å². The Morgan fingerprint density at radius 3 is 2.00 bits per heavy atom. The first-order chi connectivity index (χ1) is 17.1. The van der Waals surface area contributed by atoms with E-state index in [4.69, 9.17) is 5.73 Å². The molecule has 0 saturated heterocycles. The maximum Gasteiger partial charge on any atom is 0.312 e. The van der Waals surface area contributed by atoms with E-state index in [0.717, 1.165) is 12.2 Å². The summed E-state index contributed by atoms with van der Waals surface area (Å²) in [4.78, 5) is 73.5. The van der Waals surface area contributed by atoms with Crippen molar-refractivity contribution < 1.29 is 41.7 Å². The molecule has 0 aliphatic carbocycles. The minimum absolute atomic E-state index is 0.168. The SMILES string of the molecule is CC(C)C(=O)[C@H](CCCNC(N)=O)NC(=O)C(NC(=O)[C@@H](CCN1C(=O)C=CC1=O)S(=O)(=O)O)C(C)C. The van der Waals surface area contributed by atoms with Crippen molar-refractivity contribution in [2.45, 2.75) is 64.3 Å². The Morgan fingerprint density at radius 2 is 1.54 bits per heavy atom. The van der Waals surface area contributed by atoms with E-state index in [2.05, 4.69) is 16.0 Å². The summed E-state index contributed by atoms with van der Waals surface area (Å²) in [6.07, 6.45) is 1.86. The zero-order valence-corrected chi connectivity index (χ0v) is 22.0. The lowest BCUT2D eigenvalue weighted by atomic mass is 9.96. The standard InChI is InChI=1S/C22H35N5O9S/c1-12(2)18(21(32)25-14(19(30)13(3)4)6-5-10-24-22(23)33)26-20(31)15(37(34,35)36)9-11-27-16(28)7-8-17(27)29/h7-8,12-15,18H,5-6,9-11H2,1-4H3,(H,25,32)(H,26,31)(H3,23,24,33)(H,34,35,36)/t14-,15+,18?/m0/s1. The number of nitrogens with zero attached hydrogens (tertiary/aromatic N) is 1. The van der Waals surface area contributed by atoms with Crippen LogP contribution in [0.25, 0.3) is 0 Å². The number of nitrogens with two attached hydrogens (primary N) is 1.